The Kier molecular flexibility index (Phi) is 5.21. The average Bonchev–Trinajstić information content (AvgIpc) is 2.37. The number of hydrogen-bond acceptors (Lipinski definition) is 2. The summed E-state index contributed by atoms with van der Waals surface area (Å²) in [5.74, 6) is 0.885. The minimum Gasteiger partial charge on any atom is -0.320 e. The van der Waals surface area contributed by atoms with E-state index < -0.39 is 0 Å². The van der Waals surface area contributed by atoms with Crippen molar-refractivity contribution in [2.24, 2.45) is 5.92 Å². The van der Waals surface area contributed by atoms with Gasteiger partial charge in [-0.1, -0.05) is 29.8 Å². The van der Waals surface area contributed by atoms with Gasteiger partial charge in [0, 0.05) is 13.1 Å². The van der Waals surface area contributed by atoms with Crippen LogP contribution in [0.2, 0.25) is 0 Å². The van der Waals surface area contributed by atoms with E-state index in [-0.39, 0.29) is 0 Å². The number of likely N-dealkylation sites (tertiary alicyclic amines) is 1. The van der Waals surface area contributed by atoms with E-state index in [0.717, 1.165) is 19.0 Å². The molecule has 1 aromatic carbocycles. The third-order valence-corrected chi connectivity index (χ3v) is 3.89. The maximum atomic E-state index is 3.27. The smallest absolute Gasteiger partial charge is 0.0233 e. The third kappa shape index (κ3) is 4.11. The quantitative estimate of drug-likeness (QED) is 0.859. The fourth-order valence-electron chi connectivity index (χ4n) is 2.95. The van der Waals surface area contributed by atoms with Gasteiger partial charge < -0.3 is 5.32 Å². The maximum Gasteiger partial charge on any atom is 0.0233 e. The van der Waals surface area contributed by atoms with Crippen LogP contribution in [0.3, 0.4) is 0 Å². The molecule has 1 heterocycles. The maximum absolute atomic E-state index is 3.27. The SMILES string of the molecule is CNCCC1CCCN(Cc2cccc(C)c2)C1. The molecule has 1 aromatic rings. The second-order valence-electron chi connectivity index (χ2n) is 5.62. The van der Waals surface area contributed by atoms with Gasteiger partial charge in [0.15, 0.2) is 0 Å². The Morgan fingerprint density at radius 2 is 2.28 bits per heavy atom. The number of nitrogens with zero attached hydrogens (tertiary/aromatic N) is 1. The molecule has 0 saturated carbocycles. The molecule has 18 heavy (non-hydrogen) atoms. The fourth-order valence-corrected chi connectivity index (χ4v) is 2.95. The second kappa shape index (κ2) is 6.91. The van der Waals surface area contributed by atoms with E-state index >= 15 is 0 Å². The molecule has 0 radical (unpaired) electrons. The second-order valence-corrected chi connectivity index (χ2v) is 5.62. The largest absolute Gasteiger partial charge is 0.320 e. The van der Waals surface area contributed by atoms with Gasteiger partial charge in [-0.3, -0.25) is 4.90 Å². The third-order valence-electron chi connectivity index (χ3n) is 3.89. The number of aryl methyl sites for hydroxylation is 1. The highest BCUT2D eigenvalue weighted by atomic mass is 15.1. The van der Waals surface area contributed by atoms with Crippen LogP contribution in [-0.4, -0.2) is 31.6 Å². The molecule has 1 fully saturated rings. The lowest BCUT2D eigenvalue weighted by molar-refractivity contribution is 0.162. The van der Waals surface area contributed by atoms with E-state index in [1.165, 1.54) is 43.5 Å². The monoisotopic (exact) mass is 246 g/mol. The van der Waals surface area contributed by atoms with Crippen molar-refractivity contribution >= 4 is 0 Å². The van der Waals surface area contributed by atoms with Gasteiger partial charge in [0.2, 0.25) is 0 Å². The van der Waals surface area contributed by atoms with Gasteiger partial charge >= 0.3 is 0 Å². The highest BCUT2D eigenvalue weighted by Crippen LogP contribution is 2.21. The molecule has 1 unspecified atom stereocenters. The summed E-state index contributed by atoms with van der Waals surface area (Å²) in [5, 5.41) is 3.27. The number of hydrogen-bond donors (Lipinski definition) is 1. The predicted molar refractivity (Wildman–Crippen MR) is 77.7 cm³/mol. The first-order chi connectivity index (χ1) is 8.78. The van der Waals surface area contributed by atoms with Crippen LogP contribution < -0.4 is 5.32 Å². The van der Waals surface area contributed by atoms with Crippen molar-refractivity contribution in [3.63, 3.8) is 0 Å². The van der Waals surface area contributed by atoms with E-state index in [1.54, 1.807) is 0 Å². The van der Waals surface area contributed by atoms with Crippen LogP contribution >= 0.6 is 0 Å². The van der Waals surface area contributed by atoms with Crippen LogP contribution in [0.15, 0.2) is 24.3 Å². The molecule has 1 saturated heterocycles. The van der Waals surface area contributed by atoms with Crippen molar-refractivity contribution in [1.82, 2.24) is 10.2 Å². The zero-order valence-electron chi connectivity index (χ0n) is 11.8. The summed E-state index contributed by atoms with van der Waals surface area (Å²) in [6.45, 7) is 7.00. The zero-order chi connectivity index (χ0) is 12.8. The lowest BCUT2D eigenvalue weighted by Crippen LogP contribution is -2.35. The van der Waals surface area contributed by atoms with Crippen LogP contribution in [0.4, 0.5) is 0 Å². The molecule has 0 amide bonds. The molecule has 1 aliphatic heterocycles. The summed E-state index contributed by atoms with van der Waals surface area (Å²) >= 11 is 0. The Labute approximate surface area is 111 Å². The molecule has 0 bridgehead atoms. The minimum atomic E-state index is 0.885. The van der Waals surface area contributed by atoms with Crippen LogP contribution in [0.25, 0.3) is 0 Å². The first-order valence-corrected chi connectivity index (χ1v) is 7.20. The van der Waals surface area contributed by atoms with Gasteiger partial charge in [-0.25, -0.2) is 0 Å². The summed E-state index contributed by atoms with van der Waals surface area (Å²) in [6.07, 6.45) is 4.09. The Balaban J connectivity index is 1.85. The summed E-state index contributed by atoms with van der Waals surface area (Å²) in [4.78, 5) is 2.62. The number of benzene rings is 1. The highest BCUT2D eigenvalue weighted by Gasteiger charge is 2.19. The lowest BCUT2D eigenvalue weighted by Gasteiger charge is -2.32. The predicted octanol–water partition coefficient (Wildman–Crippen LogP) is 2.82. The Hall–Kier alpha value is -0.860. The van der Waals surface area contributed by atoms with Crippen molar-refractivity contribution in [2.75, 3.05) is 26.7 Å². The molecule has 2 rings (SSSR count). The van der Waals surface area contributed by atoms with Gasteiger partial charge in [0.05, 0.1) is 0 Å². The first-order valence-electron chi connectivity index (χ1n) is 7.20. The van der Waals surface area contributed by atoms with Gasteiger partial charge in [-0.05, 0) is 57.8 Å². The molecular formula is C16H26N2. The van der Waals surface area contributed by atoms with Crippen LogP contribution in [0, 0.1) is 12.8 Å². The molecule has 1 N–H and O–H groups in total. The summed E-state index contributed by atoms with van der Waals surface area (Å²) in [6, 6.07) is 8.92. The average molecular weight is 246 g/mol. The van der Waals surface area contributed by atoms with Gasteiger partial charge in [-0.2, -0.15) is 0 Å². The van der Waals surface area contributed by atoms with Crippen LogP contribution in [0.1, 0.15) is 30.4 Å². The van der Waals surface area contributed by atoms with Gasteiger partial charge in [0.25, 0.3) is 0 Å². The van der Waals surface area contributed by atoms with E-state index in [4.69, 9.17) is 0 Å². The number of rotatable bonds is 5. The minimum absolute atomic E-state index is 0.885. The summed E-state index contributed by atoms with van der Waals surface area (Å²) in [5.41, 5.74) is 2.83. The molecule has 2 nitrogen and oxygen atoms in total. The number of piperidine rings is 1. The van der Waals surface area contributed by atoms with E-state index in [1.807, 2.05) is 7.05 Å². The summed E-state index contributed by atoms with van der Waals surface area (Å²) < 4.78 is 0. The normalized spacial score (nSPS) is 21.1. The van der Waals surface area contributed by atoms with E-state index in [2.05, 4.69) is 41.4 Å². The van der Waals surface area contributed by atoms with Gasteiger partial charge in [0.1, 0.15) is 0 Å². The van der Waals surface area contributed by atoms with E-state index in [0.29, 0.717) is 0 Å². The number of nitrogens with one attached hydrogen (secondary N) is 1. The summed E-state index contributed by atoms with van der Waals surface area (Å²) in [7, 11) is 2.05. The zero-order valence-corrected chi connectivity index (χ0v) is 11.8. The molecule has 100 valence electrons. The van der Waals surface area contributed by atoms with Crippen molar-refractivity contribution < 1.29 is 0 Å². The topological polar surface area (TPSA) is 15.3 Å². The molecule has 0 aliphatic carbocycles. The fraction of sp³-hybridized carbons (Fsp3) is 0.625. The molecule has 1 atom stereocenters. The van der Waals surface area contributed by atoms with Crippen molar-refractivity contribution in [2.45, 2.75) is 32.7 Å². The van der Waals surface area contributed by atoms with Crippen molar-refractivity contribution in [3.8, 4) is 0 Å². The standard InChI is InChI=1S/C16H26N2/c1-14-5-3-6-16(11-14)13-18-10-4-7-15(12-18)8-9-17-2/h3,5-6,11,15,17H,4,7-10,12-13H2,1-2H3. The molecule has 0 aromatic heterocycles. The lowest BCUT2D eigenvalue weighted by atomic mass is 9.94. The molecule has 2 heteroatoms. The van der Waals surface area contributed by atoms with Crippen LogP contribution in [0.5, 0.6) is 0 Å². The molecular weight excluding hydrogens is 220 g/mol. The highest BCUT2D eigenvalue weighted by molar-refractivity contribution is 5.22. The Bertz CT molecular complexity index is 362. The first kappa shape index (κ1) is 13.6. The van der Waals surface area contributed by atoms with Crippen molar-refractivity contribution in [3.05, 3.63) is 35.4 Å². The van der Waals surface area contributed by atoms with Gasteiger partial charge in [-0.15, -0.1) is 0 Å². The van der Waals surface area contributed by atoms with Crippen molar-refractivity contribution in [1.29, 1.82) is 0 Å². The van der Waals surface area contributed by atoms with Crippen LogP contribution in [-0.2, 0) is 6.54 Å². The Morgan fingerprint density at radius 3 is 3.06 bits per heavy atom. The molecule has 0 spiro atoms. The van der Waals surface area contributed by atoms with E-state index in [9.17, 15) is 0 Å². The molecule has 1 aliphatic rings. The Morgan fingerprint density at radius 1 is 1.39 bits per heavy atom.